The number of hydrogen-bond donors (Lipinski definition) is 0. The van der Waals surface area contributed by atoms with Gasteiger partial charge in [-0.15, -0.1) is 0 Å². The van der Waals surface area contributed by atoms with Crippen LogP contribution in [0.4, 0.5) is 5.69 Å². The van der Waals surface area contributed by atoms with E-state index in [4.69, 9.17) is 18.9 Å². The van der Waals surface area contributed by atoms with Gasteiger partial charge in [-0.2, -0.15) is 0 Å². The van der Waals surface area contributed by atoms with E-state index in [1.165, 1.54) is 16.7 Å². The summed E-state index contributed by atoms with van der Waals surface area (Å²) in [4.78, 5) is 2.43. The van der Waals surface area contributed by atoms with Crippen LogP contribution in [0, 0.1) is 5.92 Å². The number of rotatable bonds is 12. The van der Waals surface area contributed by atoms with Gasteiger partial charge < -0.3 is 23.8 Å². The summed E-state index contributed by atoms with van der Waals surface area (Å²) < 4.78 is 27.6. The Kier molecular flexibility index (Phi) is 11.3. The second-order valence-electron chi connectivity index (χ2n) is 13.5. The highest BCUT2D eigenvalue weighted by atomic mass is 79.9. The van der Waals surface area contributed by atoms with Crippen LogP contribution < -0.4 is 9.64 Å². The summed E-state index contributed by atoms with van der Waals surface area (Å²) in [5.74, 6) is 1.05. The second-order valence-corrected chi connectivity index (χ2v) is 14.3. The van der Waals surface area contributed by atoms with E-state index in [1.54, 1.807) is 0 Å². The van der Waals surface area contributed by atoms with Gasteiger partial charge in [0.25, 0.3) is 0 Å². The molecule has 0 saturated carbocycles. The van der Waals surface area contributed by atoms with Crippen LogP contribution in [0.3, 0.4) is 0 Å². The number of anilines is 1. The standard InChI is InChI=1S/C44H46BrNO4/c1-3-40-42(48-29-33-15-9-5-10-16-33)31(2)43(49-30-34-17-11-6-12-18-34)44(50-40)36-20-21-38(45)37(27-36)25-35-19-22-41-39(26-35)46(23-24-47-41)28-32-13-7-4-8-14-32/h4-22,26-27,31,40,42-44H,3,23-25,28-30H2,1-2H3/t31-,40+,42-,43+,44-/m0/s1. The molecule has 5 nitrogen and oxygen atoms in total. The molecule has 1 saturated heterocycles. The highest BCUT2D eigenvalue weighted by molar-refractivity contribution is 9.10. The molecular formula is C44H46BrNO4. The van der Waals surface area contributed by atoms with Gasteiger partial charge in [0.05, 0.1) is 43.8 Å². The minimum Gasteiger partial charge on any atom is -0.490 e. The maximum absolute atomic E-state index is 7.00. The van der Waals surface area contributed by atoms with Gasteiger partial charge in [-0.25, -0.2) is 0 Å². The van der Waals surface area contributed by atoms with Crippen molar-refractivity contribution in [2.24, 2.45) is 5.92 Å². The molecule has 2 aliphatic rings. The van der Waals surface area contributed by atoms with E-state index in [2.05, 4.69) is 150 Å². The smallest absolute Gasteiger partial charge is 0.142 e. The van der Waals surface area contributed by atoms with Gasteiger partial charge in [0, 0.05) is 16.9 Å². The van der Waals surface area contributed by atoms with Crippen LogP contribution >= 0.6 is 15.9 Å². The minimum atomic E-state index is -0.236. The third-order valence-electron chi connectivity index (χ3n) is 9.99. The molecule has 7 rings (SSSR count). The Labute approximate surface area is 305 Å². The average Bonchev–Trinajstić information content (AvgIpc) is 3.16. The first-order chi connectivity index (χ1) is 24.6. The van der Waals surface area contributed by atoms with Crippen molar-refractivity contribution in [3.63, 3.8) is 0 Å². The molecule has 1 fully saturated rings. The zero-order chi connectivity index (χ0) is 34.3. The number of nitrogens with zero attached hydrogens (tertiary/aromatic N) is 1. The monoisotopic (exact) mass is 731 g/mol. The molecule has 2 heterocycles. The van der Waals surface area contributed by atoms with Gasteiger partial charge in [0.1, 0.15) is 18.5 Å². The van der Waals surface area contributed by atoms with Crippen LogP contribution in [0.5, 0.6) is 5.75 Å². The van der Waals surface area contributed by atoms with Crippen molar-refractivity contribution >= 4 is 21.6 Å². The molecule has 0 amide bonds. The molecule has 0 radical (unpaired) electrons. The summed E-state index contributed by atoms with van der Waals surface area (Å²) in [5.41, 5.74) is 8.32. The highest BCUT2D eigenvalue weighted by Gasteiger charge is 2.45. The van der Waals surface area contributed by atoms with Crippen LogP contribution in [-0.4, -0.2) is 31.5 Å². The van der Waals surface area contributed by atoms with Crippen LogP contribution in [0.1, 0.15) is 59.8 Å². The van der Waals surface area contributed by atoms with Crippen LogP contribution in [0.15, 0.2) is 132 Å². The molecule has 5 atom stereocenters. The summed E-state index contributed by atoms with van der Waals surface area (Å²) in [6.45, 7) is 7.92. The fourth-order valence-corrected chi connectivity index (χ4v) is 7.68. The molecule has 0 unspecified atom stereocenters. The van der Waals surface area contributed by atoms with Gasteiger partial charge in [0.15, 0.2) is 0 Å². The van der Waals surface area contributed by atoms with Crippen LogP contribution in [0.2, 0.25) is 0 Å². The Morgan fingerprint density at radius 1 is 0.720 bits per heavy atom. The number of hydrogen-bond acceptors (Lipinski definition) is 5. The Morgan fingerprint density at radius 3 is 2.02 bits per heavy atom. The maximum atomic E-state index is 7.00. The summed E-state index contributed by atoms with van der Waals surface area (Å²) in [6.07, 6.45) is 1.05. The van der Waals surface area contributed by atoms with E-state index < -0.39 is 0 Å². The van der Waals surface area contributed by atoms with Crippen molar-refractivity contribution < 1.29 is 18.9 Å². The Balaban J connectivity index is 1.14. The van der Waals surface area contributed by atoms with Gasteiger partial charge in [0.2, 0.25) is 0 Å². The summed E-state index contributed by atoms with van der Waals surface area (Å²) in [6, 6.07) is 44.7. The first-order valence-corrected chi connectivity index (χ1v) is 18.6. The molecule has 0 spiro atoms. The lowest BCUT2D eigenvalue weighted by atomic mass is 9.83. The Bertz CT molecular complexity index is 1820. The molecule has 0 aliphatic carbocycles. The highest BCUT2D eigenvalue weighted by Crippen LogP contribution is 2.42. The summed E-state index contributed by atoms with van der Waals surface area (Å²) in [7, 11) is 0. The number of ether oxygens (including phenoxy) is 4. The fraction of sp³-hybridized carbons (Fsp3) is 0.318. The first-order valence-electron chi connectivity index (χ1n) is 17.8. The second kappa shape index (κ2) is 16.4. The minimum absolute atomic E-state index is 0.0568. The van der Waals surface area contributed by atoms with Crippen LogP contribution in [0.25, 0.3) is 0 Å². The third-order valence-corrected chi connectivity index (χ3v) is 10.8. The van der Waals surface area contributed by atoms with E-state index in [0.717, 1.165) is 58.5 Å². The zero-order valence-corrected chi connectivity index (χ0v) is 30.5. The molecular weight excluding hydrogens is 686 g/mol. The lowest BCUT2D eigenvalue weighted by molar-refractivity contribution is -0.232. The molecule has 5 aromatic carbocycles. The fourth-order valence-electron chi connectivity index (χ4n) is 7.30. The normalized spacial score (nSPS) is 21.7. The molecule has 0 bridgehead atoms. The third kappa shape index (κ3) is 8.16. The van der Waals surface area contributed by atoms with Crippen LogP contribution in [-0.2, 0) is 40.4 Å². The first kappa shape index (κ1) is 34.5. The van der Waals surface area contributed by atoms with E-state index >= 15 is 0 Å². The molecule has 6 heteroatoms. The lowest BCUT2D eigenvalue weighted by Crippen LogP contribution is -2.51. The van der Waals surface area contributed by atoms with Crippen molar-refractivity contribution in [1.29, 1.82) is 0 Å². The van der Waals surface area contributed by atoms with Crippen molar-refractivity contribution in [2.45, 2.75) is 70.9 Å². The molecule has 0 N–H and O–H groups in total. The van der Waals surface area contributed by atoms with E-state index in [9.17, 15) is 0 Å². The maximum Gasteiger partial charge on any atom is 0.142 e. The van der Waals surface area contributed by atoms with E-state index in [0.29, 0.717) is 19.8 Å². The largest absolute Gasteiger partial charge is 0.490 e. The predicted molar refractivity (Wildman–Crippen MR) is 203 cm³/mol. The number of benzene rings is 5. The average molecular weight is 733 g/mol. The quantitative estimate of drug-likeness (QED) is 0.128. The Hall–Kier alpha value is -3.94. The lowest BCUT2D eigenvalue weighted by Gasteiger charge is -2.46. The predicted octanol–water partition coefficient (Wildman–Crippen LogP) is 10.1. The van der Waals surface area contributed by atoms with Gasteiger partial charge in [-0.05, 0) is 64.4 Å². The summed E-state index contributed by atoms with van der Waals surface area (Å²) >= 11 is 3.88. The SMILES string of the molecule is CC[C@H]1O[C@@H](c2ccc(Br)c(Cc3ccc4c(c3)N(Cc3ccccc3)CCO4)c2)[C@H](OCc2ccccc2)[C@@H](C)[C@@H]1OCc1ccccc1. The number of fused-ring (bicyclic) bond motifs is 1. The topological polar surface area (TPSA) is 40.2 Å². The van der Waals surface area contributed by atoms with Crippen molar-refractivity contribution in [3.05, 3.63) is 165 Å². The molecule has 0 aromatic heterocycles. The zero-order valence-electron chi connectivity index (χ0n) is 28.9. The molecule has 2 aliphatic heterocycles. The van der Waals surface area contributed by atoms with Gasteiger partial charge in [-0.3, -0.25) is 0 Å². The van der Waals surface area contributed by atoms with Gasteiger partial charge in [-0.1, -0.05) is 139 Å². The summed E-state index contributed by atoms with van der Waals surface area (Å²) in [5, 5.41) is 0. The van der Waals surface area contributed by atoms with Crippen molar-refractivity contribution in [1.82, 2.24) is 0 Å². The van der Waals surface area contributed by atoms with Gasteiger partial charge >= 0.3 is 0 Å². The Morgan fingerprint density at radius 2 is 1.36 bits per heavy atom. The molecule has 5 aromatic rings. The van der Waals surface area contributed by atoms with E-state index in [1.807, 2.05) is 12.1 Å². The molecule has 50 heavy (non-hydrogen) atoms. The number of halogens is 1. The van der Waals surface area contributed by atoms with E-state index in [-0.39, 0.29) is 30.3 Å². The van der Waals surface area contributed by atoms with Crippen molar-refractivity contribution in [3.8, 4) is 5.75 Å². The van der Waals surface area contributed by atoms with Crippen molar-refractivity contribution in [2.75, 3.05) is 18.1 Å². The molecule has 258 valence electrons.